The van der Waals surface area contributed by atoms with Crippen LogP contribution in [0, 0.1) is 0 Å². The van der Waals surface area contributed by atoms with E-state index in [1.54, 1.807) is 12.1 Å². The Balaban J connectivity index is 1.63. The minimum Gasteiger partial charge on any atom is -0.489 e. The van der Waals surface area contributed by atoms with Crippen LogP contribution in [0.25, 0.3) is 0 Å². The highest BCUT2D eigenvalue weighted by Crippen LogP contribution is 2.22. The van der Waals surface area contributed by atoms with Crippen LogP contribution in [0.1, 0.15) is 0 Å². The number of aliphatic hydroxyl groups excluding tert-OH is 1. The first-order chi connectivity index (χ1) is 11.6. The number of halogens is 2. The van der Waals surface area contributed by atoms with Gasteiger partial charge in [-0.2, -0.15) is 5.10 Å². The Morgan fingerprint density at radius 3 is 2.96 bits per heavy atom. The van der Waals surface area contributed by atoms with E-state index in [0.29, 0.717) is 36.1 Å². The van der Waals surface area contributed by atoms with E-state index in [1.165, 1.54) is 6.20 Å². The molecular weight excluding hydrogens is 355 g/mol. The van der Waals surface area contributed by atoms with Gasteiger partial charge in [-0.05, 0) is 12.1 Å². The average molecular weight is 374 g/mol. The SMILES string of the molecule is O=c1[nH]ncc(NCC[NH2+]C[C@H](O)COc2ccccc2Cl)c1Cl. The number of H-pyrrole nitrogens is 1. The zero-order chi connectivity index (χ0) is 17.4. The van der Waals surface area contributed by atoms with E-state index in [-0.39, 0.29) is 11.6 Å². The summed E-state index contributed by atoms with van der Waals surface area (Å²) in [5, 5.41) is 21.4. The molecule has 1 aromatic heterocycles. The molecule has 0 spiro atoms. The van der Waals surface area contributed by atoms with E-state index in [1.807, 2.05) is 17.4 Å². The van der Waals surface area contributed by atoms with Crippen molar-refractivity contribution in [2.75, 3.05) is 31.6 Å². The quantitative estimate of drug-likeness (QED) is 0.479. The zero-order valence-electron chi connectivity index (χ0n) is 12.8. The van der Waals surface area contributed by atoms with Gasteiger partial charge < -0.3 is 20.5 Å². The predicted molar refractivity (Wildman–Crippen MR) is 93.0 cm³/mol. The second-order valence-electron chi connectivity index (χ2n) is 5.06. The van der Waals surface area contributed by atoms with Crippen molar-refractivity contribution in [3.63, 3.8) is 0 Å². The van der Waals surface area contributed by atoms with Crippen LogP contribution < -0.4 is 20.9 Å². The molecule has 7 nitrogen and oxygen atoms in total. The first kappa shape index (κ1) is 18.5. The van der Waals surface area contributed by atoms with Gasteiger partial charge in [0.05, 0.1) is 30.0 Å². The van der Waals surface area contributed by atoms with Crippen LogP contribution in [-0.4, -0.2) is 47.6 Å². The van der Waals surface area contributed by atoms with Crippen LogP contribution in [0.5, 0.6) is 5.75 Å². The number of ether oxygens (including phenoxy) is 1. The maximum Gasteiger partial charge on any atom is 0.285 e. The first-order valence-corrected chi connectivity index (χ1v) is 8.17. The second-order valence-corrected chi connectivity index (χ2v) is 5.85. The maximum absolute atomic E-state index is 11.3. The number of aliphatic hydroxyl groups is 1. The topological polar surface area (TPSA) is 104 Å². The predicted octanol–water partition coefficient (Wildman–Crippen LogP) is 0.492. The van der Waals surface area contributed by atoms with Crippen molar-refractivity contribution in [3.05, 3.63) is 50.9 Å². The van der Waals surface area contributed by atoms with Crippen molar-refractivity contribution >= 4 is 28.9 Å². The monoisotopic (exact) mass is 373 g/mol. The number of benzene rings is 1. The number of nitrogens with zero attached hydrogens (tertiary/aromatic N) is 1. The number of hydrogen-bond acceptors (Lipinski definition) is 5. The van der Waals surface area contributed by atoms with Crippen LogP contribution in [0.3, 0.4) is 0 Å². The number of nitrogens with two attached hydrogens (primary N) is 1. The molecule has 1 aromatic carbocycles. The van der Waals surface area contributed by atoms with Gasteiger partial charge in [-0.25, -0.2) is 5.10 Å². The summed E-state index contributed by atoms with van der Waals surface area (Å²) in [6.45, 7) is 1.90. The fraction of sp³-hybridized carbons (Fsp3) is 0.333. The minimum atomic E-state index is -0.619. The van der Waals surface area contributed by atoms with Crippen LogP contribution in [0.15, 0.2) is 35.3 Å². The average Bonchev–Trinajstić information content (AvgIpc) is 2.57. The summed E-state index contributed by atoms with van der Waals surface area (Å²) in [6.07, 6.45) is 0.835. The van der Waals surface area contributed by atoms with Crippen LogP contribution in [-0.2, 0) is 0 Å². The van der Waals surface area contributed by atoms with E-state index < -0.39 is 11.7 Å². The standard InChI is InChI=1S/C15H18Cl2N4O3/c16-11-3-1-2-4-13(11)24-9-10(22)7-18-5-6-19-12-8-20-21-15(23)14(12)17/h1-4,8,10,18,22H,5-7,9H2,(H2,19,21,23)/p+1/t10-/m0/s1. The lowest BCUT2D eigenvalue weighted by molar-refractivity contribution is -0.658. The number of aromatic nitrogens is 2. The summed E-state index contributed by atoms with van der Waals surface area (Å²) >= 11 is 11.8. The molecule has 5 N–H and O–H groups in total. The maximum atomic E-state index is 11.3. The van der Waals surface area contributed by atoms with Crippen molar-refractivity contribution in [1.29, 1.82) is 0 Å². The molecular formula is C15H19Cl2N4O3+. The zero-order valence-corrected chi connectivity index (χ0v) is 14.3. The molecule has 0 unspecified atom stereocenters. The smallest absolute Gasteiger partial charge is 0.285 e. The third kappa shape index (κ3) is 5.68. The Bertz CT molecular complexity index is 711. The molecule has 0 aliphatic carbocycles. The molecule has 1 heterocycles. The van der Waals surface area contributed by atoms with Crippen molar-refractivity contribution in [1.82, 2.24) is 10.2 Å². The summed E-state index contributed by atoms with van der Waals surface area (Å²) < 4.78 is 5.47. The number of aromatic amines is 1. The number of para-hydroxylation sites is 1. The summed E-state index contributed by atoms with van der Waals surface area (Å²) in [4.78, 5) is 11.3. The molecule has 0 aliphatic heterocycles. The molecule has 24 heavy (non-hydrogen) atoms. The number of quaternary nitrogens is 1. The van der Waals surface area contributed by atoms with E-state index in [9.17, 15) is 9.90 Å². The van der Waals surface area contributed by atoms with E-state index >= 15 is 0 Å². The van der Waals surface area contributed by atoms with E-state index in [2.05, 4.69) is 15.5 Å². The van der Waals surface area contributed by atoms with Crippen molar-refractivity contribution in [2.45, 2.75) is 6.10 Å². The summed E-state index contributed by atoms with van der Waals surface area (Å²) in [7, 11) is 0. The molecule has 0 saturated carbocycles. The summed E-state index contributed by atoms with van der Waals surface area (Å²) in [5.41, 5.74) is 0.0502. The van der Waals surface area contributed by atoms with Gasteiger partial charge >= 0.3 is 0 Å². The Kier molecular flexibility index (Phi) is 7.33. The summed E-state index contributed by atoms with van der Waals surface area (Å²) in [6, 6.07) is 7.12. The van der Waals surface area contributed by atoms with Gasteiger partial charge in [0.2, 0.25) is 0 Å². The largest absolute Gasteiger partial charge is 0.489 e. The molecule has 0 aliphatic rings. The fourth-order valence-corrected chi connectivity index (χ4v) is 2.29. The summed E-state index contributed by atoms with van der Waals surface area (Å²) in [5.74, 6) is 0.552. The highest BCUT2D eigenvalue weighted by atomic mass is 35.5. The third-order valence-corrected chi connectivity index (χ3v) is 3.85. The highest BCUT2D eigenvalue weighted by Gasteiger charge is 2.09. The Morgan fingerprint density at radius 2 is 2.17 bits per heavy atom. The molecule has 0 radical (unpaired) electrons. The van der Waals surface area contributed by atoms with Crippen LogP contribution >= 0.6 is 23.2 Å². The lowest BCUT2D eigenvalue weighted by Gasteiger charge is -2.12. The van der Waals surface area contributed by atoms with Gasteiger partial charge in [0.25, 0.3) is 5.56 Å². The van der Waals surface area contributed by atoms with Gasteiger partial charge in [0, 0.05) is 0 Å². The lowest BCUT2D eigenvalue weighted by atomic mass is 10.3. The number of nitrogens with one attached hydrogen (secondary N) is 2. The molecule has 2 aromatic rings. The first-order valence-electron chi connectivity index (χ1n) is 7.42. The van der Waals surface area contributed by atoms with E-state index in [0.717, 1.165) is 0 Å². The van der Waals surface area contributed by atoms with Gasteiger partial charge in [-0.3, -0.25) is 4.79 Å². The molecule has 9 heteroatoms. The molecule has 2 rings (SSSR count). The number of rotatable bonds is 9. The Morgan fingerprint density at radius 1 is 1.38 bits per heavy atom. The minimum absolute atomic E-state index is 0.0816. The third-order valence-electron chi connectivity index (χ3n) is 3.17. The van der Waals surface area contributed by atoms with Gasteiger partial charge in [0.15, 0.2) is 0 Å². The van der Waals surface area contributed by atoms with Gasteiger partial charge in [-0.15, -0.1) is 0 Å². The molecule has 0 fully saturated rings. The normalized spacial score (nSPS) is 12.0. The van der Waals surface area contributed by atoms with Gasteiger partial charge in [-0.1, -0.05) is 35.3 Å². The van der Waals surface area contributed by atoms with Crippen LogP contribution in [0.4, 0.5) is 5.69 Å². The number of anilines is 1. The molecule has 0 bridgehead atoms. The van der Waals surface area contributed by atoms with Gasteiger partial charge in [0.1, 0.15) is 30.0 Å². The highest BCUT2D eigenvalue weighted by molar-refractivity contribution is 6.33. The second kappa shape index (κ2) is 9.48. The molecule has 0 amide bonds. The Hall–Kier alpha value is -1.80. The van der Waals surface area contributed by atoms with Crippen molar-refractivity contribution in [2.24, 2.45) is 0 Å². The van der Waals surface area contributed by atoms with Crippen molar-refractivity contribution < 1.29 is 15.2 Å². The molecule has 130 valence electrons. The van der Waals surface area contributed by atoms with Crippen LogP contribution in [0.2, 0.25) is 10.0 Å². The number of hydrogen-bond donors (Lipinski definition) is 4. The lowest BCUT2D eigenvalue weighted by Crippen LogP contribution is -2.87. The Labute approximate surface area is 148 Å². The fourth-order valence-electron chi connectivity index (χ4n) is 1.94. The molecule has 0 saturated heterocycles. The van der Waals surface area contributed by atoms with Crippen molar-refractivity contribution in [3.8, 4) is 5.75 Å². The molecule has 1 atom stereocenters. The van der Waals surface area contributed by atoms with E-state index in [4.69, 9.17) is 27.9 Å².